The van der Waals surface area contributed by atoms with Gasteiger partial charge in [-0.2, -0.15) is 0 Å². The van der Waals surface area contributed by atoms with Crippen LogP contribution in [0.3, 0.4) is 0 Å². The van der Waals surface area contributed by atoms with Gasteiger partial charge < -0.3 is 9.84 Å². The molecule has 1 atom stereocenters. The first-order chi connectivity index (χ1) is 6.24. The van der Waals surface area contributed by atoms with Gasteiger partial charge in [0.1, 0.15) is 0 Å². The van der Waals surface area contributed by atoms with Crippen LogP contribution in [0.4, 0.5) is 0 Å². The van der Waals surface area contributed by atoms with Crippen molar-refractivity contribution in [2.24, 2.45) is 0 Å². The summed E-state index contributed by atoms with van der Waals surface area (Å²) in [6, 6.07) is 9.84. The molecule has 0 heterocycles. The van der Waals surface area contributed by atoms with Crippen molar-refractivity contribution in [3.63, 3.8) is 0 Å². The van der Waals surface area contributed by atoms with Gasteiger partial charge in [0.25, 0.3) is 0 Å². The standard InChI is InChI=1S/C11H14O2.Li/c1-9(8-11(12)13-2)10-6-4-3-5-7-10;/h3-9,12H,1-2H3;/q;+1/p-1/b11-8-;. The summed E-state index contributed by atoms with van der Waals surface area (Å²) in [7, 11) is 1.39. The number of hydrogen-bond donors (Lipinski definition) is 0. The van der Waals surface area contributed by atoms with Crippen LogP contribution in [0.2, 0.25) is 0 Å². The second kappa shape index (κ2) is 6.59. The monoisotopic (exact) mass is 184 g/mol. The molecule has 0 N–H and O–H groups in total. The minimum absolute atomic E-state index is 0. The summed E-state index contributed by atoms with van der Waals surface area (Å²) in [6.45, 7) is 1.96. The number of methoxy groups -OCH3 is 1. The number of hydrogen-bond acceptors (Lipinski definition) is 2. The molecule has 2 nitrogen and oxygen atoms in total. The van der Waals surface area contributed by atoms with Gasteiger partial charge in [-0.05, 0) is 12.7 Å². The number of allylic oxidation sites excluding steroid dienone is 1. The Labute approximate surface area is 96.8 Å². The number of benzene rings is 1. The average Bonchev–Trinajstić information content (AvgIpc) is 2.19. The molecule has 70 valence electrons. The van der Waals surface area contributed by atoms with E-state index in [1.165, 1.54) is 7.11 Å². The SMILES string of the molecule is CO/C([O-])=C\C(C)c1ccccc1.[Li+]. The molecule has 0 bridgehead atoms. The van der Waals surface area contributed by atoms with Crippen LogP contribution in [-0.2, 0) is 4.74 Å². The first kappa shape index (κ1) is 13.2. The quantitative estimate of drug-likeness (QED) is 0.429. The van der Waals surface area contributed by atoms with E-state index in [1.807, 2.05) is 37.3 Å². The molecule has 0 aliphatic heterocycles. The molecular formula is C11H13LiO2. The maximum Gasteiger partial charge on any atom is 1.00 e. The molecule has 0 fully saturated rings. The Bertz CT molecular complexity index is 283. The van der Waals surface area contributed by atoms with Gasteiger partial charge in [0.05, 0.1) is 0 Å². The van der Waals surface area contributed by atoms with Crippen molar-refractivity contribution in [3.05, 3.63) is 47.9 Å². The van der Waals surface area contributed by atoms with Gasteiger partial charge in [0.2, 0.25) is 0 Å². The molecule has 0 saturated carbocycles. The van der Waals surface area contributed by atoms with Crippen LogP contribution in [0.15, 0.2) is 42.4 Å². The van der Waals surface area contributed by atoms with Gasteiger partial charge >= 0.3 is 18.9 Å². The third kappa shape index (κ3) is 3.91. The van der Waals surface area contributed by atoms with Crippen molar-refractivity contribution in [2.45, 2.75) is 12.8 Å². The molecule has 1 rings (SSSR count). The fourth-order valence-electron chi connectivity index (χ4n) is 1.12. The van der Waals surface area contributed by atoms with E-state index in [4.69, 9.17) is 0 Å². The Morgan fingerprint density at radius 2 is 1.93 bits per heavy atom. The molecule has 0 aromatic heterocycles. The van der Waals surface area contributed by atoms with Gasteiger partial charge in [-0.15, -0.1) is 0 Å². The molecule has 0 spiro atoms. The van der Waals surface area contributed by atoms with Gasteiger partial charge in [-0.3, -0.25) is 0 Å². The van der Waals surface area contributed by atoms with E-state index in [-0.39, 0.29) is 30.7 Å². The van der Waals surface area contributed by atoms with Crippen LogP contribution in [0, 0.1) is 0 Å². The second-order valence-electron chi connectivity index (χ2n) is 2.89. The Hall–Kier alpha value is -0.843. The zero-order chi connectivity index (χ0) is 9.68. The normalized spacial score (nSPS) is 12.9. The van der Waals surface area contributed by atoms with Crippen LogP contribution in [0.25, 0.3) is 0 Å². The molecule has 0 saturated heterocycles. The second-order valence-corrected chi connectivity index (χ2v) is 2.89. The van der Waals surface area contributed by atoms with Crippen LogP contribution >= 0.6 is 0 Å². The minimum Gasteiger partial charge on any atom is -0.617 e. The average molecular weight is 184 g/mol. The molecule has 0 aliphatic rings. The van der Waals surface area contributed by atoms with Crippen molar-refractivity contribution < 1.29 is 28.7 Å². The third-order valence-corrected chi connectivity index (χ3v) is 1.91. The minimum atomic E-state index is -0.281. The summed E-state index contributed by atoms with van der Waals surface area (Å²) in [5.74, 6) is -0.176. The van der Waals surface area contributed by atoms with Crippen LogP contribution in [0.1, 0.15) is 18.4 Å². The topological polar surface area (TPSA) is 32.3 Å². The van der Waals surface area contributed by atoms with Gasteiger partial charge in [-0.25, -0.2) is 0 Å². The van der Waals surface area contributed by atoms with Crippen molar-refractivity contribution >= 4 is 0 Å². The van der Waals surface area contributed by atoms with E-state index >= 15 is 0 Å². The molecule has 0 amide bonds. The van der Waals surface area contributed by atoms with E-state index < -0.39 is 0 Å². The first-order valence-corrected chi connectivity index (χ1v) is 4.22. The van der Waals surface area contributed by atoms with Crippen molar-refractivity contribution in [1.82, 2.24) is 0 Å². The Morgan fingerprint density at radius 3 is 2.43 bits per heavy atom. The summed E-state index contributed by atoms with van der Waals surface area (Å²) >= 11 is 0. The fourth-order valence-corrected chi connectivity index (χ4v) is 1.12. The Balaban J connectivity index is 0.00000169. The molecule has 0 aliphatic carbocycles. The molecule has 3 heteroatoms. The summed E-state index contributed by atoms with van der Waals surface area (Å²) in [6.07, 6.45) is 1.56. The summed E-state index contributed by atoms with van der Waals surface area (Å²) in [4.78, 5) is 0. The largest absolute Gasteiger partial charge is 1.00 e. The van der Waals surface area contributed by atoms with E-state index in [0.717, 1.165) is 5.56 Å². The van der Waals surface area contributed by atoms with Gasteiger partial charge in [-0.1, -0.05) is 43.3 Å². The zero-order valence-corrected chi connectivity index (χ0v) is 8.86. The molecular weight excluding hydrogens is 171 g/mol. The molecule has 0 radical (unpaired) electrons. The van der Waals surface area contributed by atoms with Gasteiger partial charge in [0, 0.05) is 11.9 Å². The summed E-state index contributed by atoms with van der Waals surface area (Å²) < 4.78 is 4.55. The van der Waals surface area contributed by atoms with E-state index in [9.17, 15) is 5.11 Å². The van der Waals surface area contributed by atoms with Gasteiger partial charge in [0.15, 0.2) is 0 Å². The Morgan fingerprint density at radius 1 is 1.36 bits per heavy atom. The fraction of sp³-hybridized carbons (Fsp3) is 0.273. The van der Waals surface area contributed by atoms with Crippen LogP contribution < -0.4 is 24.0 Å². The maximum atomic E-state index is 10.9. The smallest absolute Gasteiger partial charge is 0.617 e. The van der Waals surface area contributed by atoms with Crippen molar-refractivity contribution in [3.8, 4) is 0 Å². The molecule has 1 unspecified atom stereocenters. The van der Waals surface area contributed by atoms with E-state index in [2.05, 4.69) is 4.74 Å². The van der Waals surface area contributed by atoms with E-state index in [0.29, 0.717) is 0 Å². The van der Waals surface area contributed by atoms with Crippen LogP contribution in [-0.4, -0.2) is 7.11 Å². The first-order valence-electron chi connectivity index (χ1n) is 4.22. The molecule has 14 heavy (non-hydrogen) atoms. The zero-order valence-electron chi connectivity index (χ0n) is 8.86. The van der Waals surface area contributed by atoms with Crippen molar-refractivity contribution in [1.29, 1.82) is 0 Å². The molecule has 1 aromatic carbocycles. The van der Waals surface area contributed by atoms with Crippen molar-refractivity contribution in [2.75, 3.05) is 7.11 Å². The molecule has 1 aromatic rings. The van der Waals surface area contributed by atoms with E-state index in [1.54, 1.807) is 6.08 Å². The Kier molecular flexibility index (Phi) is 6.19. The maximum absolute atomic E-state index is 10.9. The third-order valence-electron chi connectivity index (χ3n) is 1.91. The predicted molar refractivity (Wildman–Crippen MR) is 49.9 cm³/mol. The number of rotatable bonds is 3. The summed E-state index contributed by atoms with van der Waals surface area (Å²) in [5.41, 5.74) is 1.12. The predicted octanol–water partition coefficient (Wildman–Crippen LogP) is -1.36. The van der Waals surface area contributed by atoms with Crippen LogP contribution in [0.5, 0.6) is 0 Å². The summed E-state index contributed by atoms with van der Waals surface area (Å²) in [5, 5.41) is 10.9. The number of ether oxygens (including phenoxy) is 1.